The number of amides is 1. The number of nitrogens with zero attached hydrogens (tertiary/aromatic N) is 1. The number of rotatable bonds is 4. The fourth-order valence-electron chi connectivity index (χ4n) is 2.70. The molecule has 1 saturated heterocycles. The lowest BCUT2D eigenvalue weighted by Crippen LogP contribution is -2.45. The molecule has 6 nitrogen and oxygen atoms in total. The highest BCUT2D eigenvalue weighted by Crippen LogP contribution is 2.33. The number of likely N-dealkylation sites (tertiary alicyclic amines) is 1. The molecule has 7 heteroatoms. The number of piperidine rings is 1. The first-order valence-electron chi connectivity index (χ1n) is 7.36. The van der Waals surface area contributed by atoms with Gasteiger partial charge in [-0.25, -0.2) is 13.1 Å². The zero-order valence-corrected chi connectivity index (χ0v) is 13.7. The van der Waals surface area contributed by atoms with Crippen LogP contribution in [0.5, 0.6) is 0 Å². The van der Waals surface area contributed by atoms with E-state index in [9.17, 15) is 18.3 Å². The zero-order valence-electron chi connectivity index (χ0n) is 12.9. The third kappa shape index (κ3) is 3.31. The van der Waals surface area contributed by atoms with Gasteiger partial charge >= 0.3 is 0 Å². The molecule has 22 heavy (non-hydrogen) atoms. The molecular formula is C15H22N2O4S. The summed E-state index contributed by atoms with van der Waals surface area (Å²) in [5, 5.41) is 10.8. The molecule has 1 fully saturated rings. The third-order valence-corrected chi connectivity index (χ3v) is 5.65. The summed E-state index contributed by atoms with van der Waals surface area (Å²) in [7, 11) is -2.12. The first-order chi connectivity index (χ1) is 10.3. The second kappa shape index (κ2) is 6.36. The van der Waals surface area contributed by atoms with Crippen LogP contribution in [0.15, 0.2) is 29.2 Å². The van der Waals surface area contributed by atoms with Gasteiger partial charge in [0.05, 0.1) is 10.5 Å². The van der Waals surface area contributed by atoms with Crippen molar-refractivity contribution in [3.8, 4) is 0 Å². The molecule has 0 bridgehead atoms. The third-order valence-electron chi connectivity index (χ3n) is 4.22. The first-order valence-corrected chi connectivity index (χ1v) is 8.85. The smallest absolute Gasteiger partial charge is 0.240 e. The van der Waals surface area contributed by atoms with Gasteiger partial charge < -0.3 is 10.0 Å². The number of hydrogen-bond acceptors (Lipinski definition) is 4. The molecular weight excluding hydrogens is 304 g/mol. The number of benzene rings is 1. The van der Waals surface area contributed by atoms with E-state index in [-0.39, 0.29) is 10.8 Å². The van der Waals surface area contributed by atoms with Crippen molar-refractivity contribution in [3.05, 3.63) is 29.8 Å². The number of nitrogens with one attached hydrogen (secondary N) is 1. The van der Waals surface area contributed by atoms with Gasteiger partial charge in [-0.15, -0.1) is 0 Å². The van der Waals surface area contributed by atoms with Crippen LogP contribution < -0.4 is 4.72 Å². The summed E-state index contributed by atoms with van der Waals surface area (Å²) in [5.74, 6) is 0.0949. The largest absolute Gasteiger partial charge is 0.385 e. The van der Waals surface area contributed by atoms with Crippen LogP contribution in [0.2, 0.25) is 0 Å². The van der Waals surface area contributed by atoms with Gasteiger partial charge in [0.2, 0.25) is 15.9 Å². The Labute approximate surface area is 131 Å². The summed E-state index contributed by atoms with van der Waals surface area (Å²) < 4.78 is 25.7. The molecule has 0 spiro atoms. The molecule has 1 aromatic rings. The van der Waals surface area contributed by atoms with Crippen LogP contribution in [0.25, 0.3) is 0 Å². The molecule has 1 aliphatic heterocycles. The van der Waals surface area contributed by atoms with E-state index in [1.54, 1.807) is 17.0 Å². The van der Waals surface area contributed by atoms with Crippen LogP contribution in [0.1, 0.15) is 31.7 Å². The Morgan fingerprint density at radius 1 is 1.27 bits per heavy atom. The molecule has 0 unspecified atom stereocenters. The highest BCUT2D eigenvalue weighted by atomic mass is 32.2. The quantitative estimate of drug-likeness (QED) is 0.857. The Balaban J connectivity index is 2.14. The van der Waals surface area contributed by atoms with Crippen LogP contribution in [-0.2, 0) is 20.4 Å². The number of aliphatic hydroxyl groups is 1. The van der Waals surface area contributed by atoms with Crippen molar-refractivity contribution in [2.45, 2.75) is 36.7 Å². The van der Waals surface area contributed by atoms with Crippen molar-refractivity contribution in [2.75, 3.05) is 20.1 Å². The molecule has 1 aliphatic rings. The zero-order chi connectivity index (χ0) is 16.4. The maximum absolute atomic E-state index is 11.7. The molecule has 0 atom stereocenters. The first kappa shape index (κ1) is 16.9. The fourth-order valence-corrected chi connectivity index (χ4v) is 3.43. The molecule has 1 amide bonds. The molecule has 1 aromatic carbocycles. The predicted molar refractivity (Wildman–Crippen MR) is 82.7 cm³/mol. The molecule has 0 aromatic heterocycles. The molecule has 1 heterocycles. The molecule has 2 rings (SSSR count). The van der Waals surface area contributed by atoms with E-state index in [0.29, 0.717) is 37.9 Å². The van der Waals surface area contributed by atoms with Crippen molar-refractivity contribution < 1.29 is 18.3 Å². The van der Waals surface area contributed by atoms with E-state index < -0.39 is 15.6 Å². The summed E-state index contributed by atoms with van der Waals surface area (Å²) in [6.45, 7) is 2.85. The van der Waals surface area contributed by atoms with Crippen molar-refractivity contribution in [2.24, 2.45) is 0 Å². The SMILES string of the molecule is CCC(=O)N1CCC(O)(c2ccc(S(=O)(=O)NC)cc2)CC1. The molecule has 122 valence electrons. The molecule has 2 N–H and O–H groups in total. The van der Waals surface area contributed by atoms with E-state index in [4.69, 9.17) is 0 Å². The van der Waals surface area contributed by atoms with Gasteiger partial charge in [0, 0.05) is 19.5 Å². The average molecular weight is 326 g/mol. The maximum atomic E-state index is 11.7. The van der Waals surface area contributed by atoms with E-state index in [2.05, 4.69) is 4.72 Å². The highest BCUT2D eigenvalue weighted by Gasteiger charge is 2.35. The Hall–Kier alpha value is -1.44. The average Bonchev–Trinajstić information content (AvgIpc) is 2.55. The standard InChI is InChI=1S/C15H22N2O4S/c1-3-14(18)17-10-8-15(19,9-11-17)12-4-6-13(7-5-12)22(20,21)16-2/h4-7,16,19H,3,8-11H2,1-2H3. The van der Waals surface area contributed by atoms with Crippen LogP contribution in [0.3, 0.4) is 0 Å². The lowest BCUT2D eigenvalue weighted by atomic mass is 9.84. The van der Waals surface area contributed by atoms with Crippen molar-refractivity contribution >= 4 is 15.9 Å². The molecule has 0 radical (unpaired) electrons. The summed E-state index contributed by atoms with van der Waals surface area (Å²) >= 11 is 0. The lowest BCUT2D eigenvalue weighted by molar-refractivity contribution is -0.135. The Kier molecular flexibility index (Phi) is 4.89. The van der Waals surface area contributed by atoms with E-state index in [1.807, 2.05) is 6.92 Å². The number of carbonyl (C=O) groups is 1. The monoisotopic (exact) mass is 326 g/mol. The van der Waals surface area contributed by atoms with Gasteiger partial charge in [-0.05, 0) is 37.6 Å². The van der Waals surface area contributed by atoms with Gasteiger partial charge in [-0.2, -0.15) is 0 Å². The van der Waals surface area contributed by atoms with Crippen molar-refractivity contribution in [1.82, 2.24) is 9.62 Å². The summed E-state index contributed by atoms with van der Waals surface area (Å²) in [6, 6.07) is 6.26. The summed E-state index contributed by atoms with van der Waals surface area (Å²) in [6.07, 6.45) is 1.38. The normalized spacial score (nSPS) is 18.2. The van der Waals surface area contributed by atoms with Crippen molar-refractivity contribution in [1.29, 1.82) is 0 Å². The Morgan fingerprint density at radius 2 is 1.82 bits per heavy atom. The highest BCUT2D eigenvalue weighted by molar-refractivity contribution is 7.89. The molecule has 0 aliphatic carbocycles. The van der Waals surface area contributed by atoms with E-state index in [0.717, 1.165) is 0 Å². The van der Waals surface area contributed by atoms with Crippen LogP contribution in [0, 0.1) is 0 Å². The van der Waals surface area contributed by atoms with Gasteiger partial charge in [-0.3, -0.25) is 4.79 Å². The second-order valence-corrected chi connectivity index (χ2v) is 7.38. The summed E-state index contributed by atoms with van der Waals surface area (Å²) in [5.41, 5.74) is -0.321. The minimum Gasteiger partial charge on any atom is -0.385 e. The fraction of sp³-hybridized carbons (Fsp3) is 0.533. The Bertz CT molecular complexity index is 632. The van der Waals surface area contributed by atoms with Crippen LogP contribution in [0.4, 0.5) is 0 Å². The van der Waals surface area contributed by atoms with Crippen molar-refractivity contribution in [3.63, 3.8) is 0 Å². The number of hydrogen-bond donors (Lipinski definition) is 2. The maximum Gasteiger partial charge on any atom is 0.240 e. The Morgan fingerprint density at radius 3 is 2.27 bits per heavy atom. The van der Waals surface area contributed by atoms with E-state index in [1.165, 1.54) is 19.2 Å². The predicted octanol–water partition coefficient (Wildman–Crippen LogP) is 0.815. The minimum absolute atomic E-state index is 0.0949. The molecule has 0 saturated carbocycles. The van der Waals surface area contributed by atoms with Gasteiger partial charge in [0.25, 0.3) is 0 Å². The lowest BCUT2D eigenvalue weighted by Gasteiger charge is -2.38. The topological polar surface area (TPSA) is 86.7 Å². The van der Waals surface area contributed by atoms with Gasteiger partial charge in [0.1, 0.15) is 0 Å². The van der Waals surface area contributed by atoms with Gasteiger partial charge in [0.15, 0.2) is 0 Å². The minimum atomic E-state index is -3.47. The summed E-state index contributed by atoms with van der Waals surface area (Å²) in [4.78, 5) is 13.6. The van der Waals surface area contributed by atoms with Gasteiger partial charge in [-0.1, -0.05) is 19.1 Å². The van der Waals surface area contributed by atoms with Crippen LogP contribution >= 0.6 is 0 Å². The number of sulfonamides is 1. The van der Waals surface area contributed by atoms with Crippen LogP contribution in [-0.4, -0.2) is 44.5 Å². The second-order valence-electron chi connectivity index (χ2n) is 5.50. The number of carbonyl (C=O) groups excluding carboxylic acids is 1. The van der Waals surface area contributed by atoms with E-state index >= 15 is 0 Å².